The summed E-state index contributed by atoms with van der Waals surface area (Å²) in [5, 5.41) is 14.6. The summed E-state index contributed by atoms with van der Waals surface area (Å²) in [6.07, 6.45) is 10.3. The van der Waals surface area contributed by atoms with Crippen molar-refractivity contribution in [3.8, 4) is 20.9 Å². The van der Waals surface area contributed by atoms with Crippen LogP contribution in [0.3, 0.4) is 0 Å². The summed E-state index contributed by atoms with van der Waals surface area (Å²) in [7, 11) is 0. The van der Waals surface area contributed by atoms with E-state index in [0.29, 0.717) is 34.2 Å². The number of aromatic nitrogens is 2. The van der Waals surface area contributed by atoms with Gasteiger partial charge in [0, 0.05) is 71.2 Å². The van der Waals surface area contributed by atoms with Crippen molar-refractivity contribution in [2.24, 2.45) is 11.5 Å². The van der Waals surface area contributed by atoms with Gasteiger partial charge in [0.2, 0.25) is 0 Å². The molecule has 2 saturated heterocycles. The lowest BCUT2D eigenvalue weighted by Crippen LogP contribution is -2.47. The van der Waals surface area contributed by atoms with Gasteiger partial charge in [-0.3, -0.25) is 19.6 Å². The molecule has 48 heavy (non-hydrogen) atoms. The van der Waals surface area contributed by atoms with Crippen molar-refractivity contribution in [3.63, 3.8) is 0 Å². The van der Waals surface area contributed by atoms with Crippen LogP contribution in [0.5, 0.6) is 0 Å². The summed E-state index contributed by atoms with van der Waals surface area (Å²) in [4.78, 5) is 63.3. The summed E-state index contributed by atoms with van der Waals surface area (Å²) >= 11 is 2.51. The third-order valence-electron chi connectivity index (χ3n) is 8.10. The number of anilines is 3. The van der Waals surface area contributed by atoms with Crippen LogP contribution in [0.25, 0.3) is 20.9 Å². The molecule has 9 N–H and O–H groups in total. The first kappa shape index (κ1) is 32.9. The van der Waals surface area contributed by atoms with Gasteiger partial charge in [0.1, 0.15) is 9.75 Å². The average Bonchev–Trinajstić information content (AvgIpc) is 3.70. The average molecular weight is 689 g/mol. The molecule has 0 spiro atoms. The van der Waals surface area contributed by atoms with E-state index in [-0.39, 0.29) is 23.9 Å². The van der Waals surface area contributed by atoms with Crippen molar-refractivity contribution in [2.75, 3.05) is 41.7 Å². The van der Waals surface area contributed by atoms with Gasteiger partial charge in [-0.15, -0.1) is 22.7 Å². The van der Waals surface area contributed by atoms with Gasteiger partial charge < -0.3 is 43.0 Å². The lowest BCUT2D eigenvalue weighted by atomic mass is 10.0. The van der Waals surface area contributed by atoms with Gasteiger partial charge in [-0.25, -0.2) is 9.59 Å². The van der Waals surface area contributed by atoms with E-state index in [1.807, 2.05) is 12.1 Å². The van der Waals surface area contributed by atoms with Crippen LogP contribution in [0, 0.1) is 0 Å². The minimum atomic E-state index is -0.756. The van der Waals surface area contributed by atoms with Gasteiger partial charge in [0.05, 0.1) is 23.3 Å². The van der Waals surface area contributed by atoms with E-state index in [2.05, 4.69) is 41.5 Å². The van der Waals surface area contributed by atoms with Crippen molar-refractivity contribution in [1.82, 2.24) is 25.9 Å². The molecule has 250 valence electrons. The molecule has 14 nitrogen and oxygen atoms in total. The second-order valence-electron chi connectivity index (χ2n) is 11.6. The number of urea groups is 2. The molecule has 0 radical (unpaired) electrons. The molecule has 6 amide bonds. The molecule has 6 rings (SSSR count). The topological polar surface area (TPSA) is 209 Å². The molecule has 16 heteroatoms. The van der Waals surface area contributed by atoms with E-state index in [1.165, 1.54) is 22.7 Å². The van der Waals surface area contributed by atoms with Gasteiger partial charge in [0.25, 0.3) is 11.8 Å². The Kier molecular flexibility index (Phi) is 10.1. The Labute approximate surface area is 284 Å². The van der Waals surface area contributed by atoms with Gasteiger partial charge in [-0.05, 0) is 56.5 Å². The largest absolute Gasteiger partial charge is 0.368 e. The van der Waals surface area contributed by atoms with E-state index in [4.69, 9.17) is 11.5 Å². The molecule has 2 atom stereocenters. The molecule has 0 saturated carbocycles. The van der Waals surface area contributed by atoms with Gasteiger partial charge >= 0.3 is 12.1 Å². The van der Waals surface area contributed by atoms with Crippen LogP contribution in [0.15, 0.2) is 55.1 Å². The number of nitrogens with one attached hydrogen (secondary N) is 5. The Morgan fingerprint density at radius 3 is 2.08 bits per heavy atom. The number of hydrogen-bond donors (Lipinski definition) is 7. The summed E-state index contributed by atoms with van der Waals surface area (Å²) in [5.74, 6) is -0.574. The van der Waals surface area contributed by atoms with Crippen LogP contribution in [-0.4, -0.2) is 72.1 Å². The standard InChI is InChI=1S/C32H36N10O4S2/c33-31(45)40-23-11-25(18-4-1-7-35-13-18)47-28(23)30(44)39-21-6-3-9-42(17-21)22-10-19(14-37-16-22)26-12-24(41-32(34)46)27(48-26)29(43)38-20-5-2-8-36-15-20/h1,4,7,10-14,16,20-21,36H,2-3,5-6,8-9,15,17H2,(H,38,43)(H,39,44)(H3,33,40,45)(H3,34,41,46)/t20-,21?/m1/s1. The summed E-state index contributed by atoms with van der Waals surface area (Å²) in [6.45, 7) is 2.92. The molecular formula is C32H36N10O4S2. The van der Waals surface area contributed by atoms with E-state index in [9.17, 15) is 19.2 Å². The highest BCUT2D eigenvalue weighted by atomic mass is 32.1. The van der Waals surface area contributed by atoms with Crippen LogP contribution in [0.4, 0.5) is 26.7 Å². The summed E-state index contributed by atoms with van der Waals surface area (Å²) in [5.41, 5.74) is 14.0. The number of carbonyl (C=O) groups excluding carboxylic acids is 4. The number of amides is 6. The van der Waals surface area contributed by atoms with Gasteiger partial charge in [-0.2, -0.15) is 0 Å². The fourth-order valence-electron chi connectivity index (χ4n) is 5.91. The SMILES string of the molecule is NC(=O)Nc1cc(-c2cccnc2)sc1C(=O)NC1CCCN(c2cncc(-c3cc(NC(N)=O)c(C(=O)N[C@@H]4CCCNC4)s3)c2)C1. The number of hydrogen-bond acceptors (Lipinski definition) is 10. The molecule has 1 unspecified atom stereocenters. The van der Waals surface area contributed by atoms with Crippen LogP contribution in [0.2, 0.25) is 0 Å². The molecular weight excluding hydrogens is 653 g/mol. The smallest absolute Gasteiger partial charge is 0.316 e. The zero-order valence-corrected chi connectivity index (χ0v) is 27.6. The molecule has 6 heterocycles. The highest BCUT2D eigenvalue weighted by Crippen LogP contribution is 2.37. The first-order chi connectivity index (χ1) is 23.2. The molecule has 2 aliphatic heterocycles. The highest BCUT2D eigenvalue weighted by molar-refractivity contribution is 7.18. The van der Waals surface area contributed by atoms with Crippen LogP contribution in [-0.2, 0) is 0 Å². The molecule has 0 aliphatic carbocycles. The maximum atomic E-state index is 13.5. The first-order valence-corrected chi connectivity index (χ1v) is 17.2. The summed E-state index contributed by atoms with van der Waals surface area (Å²) < 4.78 is 0. The monoisotopic (exact) mass is 688 g/mol. The molecule has 2 fully saturated rings. The quantitative estimate of drug-likeness (QED) is 0.137. The van der Waals surface area contributed by atoms with E-state index >= 15 is 0 Å². The van der Waals surface area contributed by atoms with E-state index in [1.54, 1.807) is 43.0 Å². The fourth-order valence-corrected chi connectivity index (χ4v) is 7.91. The first-order valence-electron chi connectivity index (χ1n) is 15.6. The number of nitrogens with two attached hydrogens (primary N) is 2. The summed E-state index contributed by atoms with van der Waals surface area (Å²) in [6, 6.07) is 7.46. The second kappa shape index (κ2) is 14.8. The zero-order chi connectivity index (χ0) is 33.6. The lowest BCUT2D eigenvalue weighted by molar-refractivity contribution is 0.0928. The van der Waals surface area contributed by atoms with Crippen molar-refractivity contribution in [3.05, 3.63) is 64.9 Å². The third-order valence-corrected chi connectivity index (χ3v) is 10.5. The maximum Gasteiger partial charge on any atom is 0.316 e. The number of pyridine rings is 2. The predicted octanol–water partition coefficient (Wildman–Crippen LogP) is 3.80. The number of primary amides is 2. The van der Waals surface area contributed by atoms with E-state index < -0.39 is 12.1 Å². The van der Waals surface area contributed by atoms with Crippen LogP contribution < -0.4 is 43.0 Å². The Morgan fingerprint density at radius 2 is 1.46 bits per heavy atom. The fraction of sp³-hybridized carbons (Fsp3) is 0.312. The predicted molar refractivity (Wildman–Crippen MR) is 188 cm³/mol. The Morgan fingerprint density at radius 1 is 0.812 bits per heavy atom. The van der Waals surface area contributed by atoms with Crippen molar-refractivity contribution in [2.45, 2.75) is 37.8 Å². The highest BCUT2D eigenvalue weighted by Gasteiger charge is 2.27. The van der Waals surface area contributed by atoms with E-state index in [0.717, 1.165) is 65.3 Å². The van der Waals surface area contributed by atoms with Crippen molar-refractivity contribution >= 4 is 63.6 Å². The molecule has 0 aromatic carbocycles. The Bertz CT molecular complexity index is 1810. The number of thiophene rings is 2. The number of carbonyl (C=O) groups is 4. The minimum absolute atomic E-state index is 0.00444. The molecule has 2 aliphatic rings. The third kappa shape index (κ3) is 7.90. The second-order valence-corrected chi connectivity index (χ2v) is 13.7. The normalized spacial score (nSPS) is 17.7. The number of nitrogens with zero attached hydrogens (tertiary/aromatic N) is 3. The van der Waals surface area contributed by atoms with Gasteiger partial charge in [0.15, 0.2) is 0 Å². The van der Waals surface area contributed by atoms with Gasteiger partial charge in [-0.1, -0.05) is 6.07 Å². The Balaban J connectivity index is 1.17. The molecule has 4 aromatic heterocycles. The number of piperidine rings is 2. The van der Waals surface area contributed by atoms with Crippen molar-refractivity contribution < 1.29 is 19.2 Å². The molecule has 0 bridgehead atoms. The van der Waals surface area contributed by atoms with Crippen molar-refractivity contribution in [1.29, 1.82) is 0 Å². The van der Waals surface area contributed by atoms with Crippen LogP contribution >= 0.6 is 22.7 Å². The maximum absolute atomic E-state index is 13.5. The van der Waals surface area contributed by atoms with Crippen LogP contribution in [0.1, 0.15) is 45.0 Å². The Hall–Kier alpha value is -5.06. The molecule has 4 aromatic rings. The zero-order valence-electron chi connectivity index (χ0n) is 26.0. The minimum Gasteiger partial charge on any atom is -0.368 e. The number of rotatable bonds is 9. The lowest BCUT2D eigenvalue weighted by Gasteiger charge is -2.34.